The number of phenolic OH excluding ortho intramolecular Hbond substituents is 1. The van der Waals surface area contributed by atoms with Crippen LogP contribution in [0.15, 0.2) is 32.9 Å². The quantitative estimate of drug-likeness (QED) is 0.506. The lowest BCUT2D eigenvalue weighted by atomic mass is 10.2. The molecule has 0 radical (unpaired) electrons. The smallest absolute Gasteiger partial charge is 0.332 e. The van der Waals surface area contributed by atoms with Gasteiger partial charge in [-0.15, -0.1) is 0 Å². The second-order valence-electron chi connectivity index (χ2n) is 5.64. The van der Waals surface area contributed by atoms with Crippen LogP contribution in [0, 0.1) is 0 Å². The summed E-state index contributed by atoms with van der Waals surface area (Å²) in [4.78, 5) is 28.6. The maximum Gasteiger partial charge on any atom is 0.332 e. The minimum absolute atomic E-state index is 0.0400. The fourth-order valence-electron chi connectivity index (χ4n) is 2.59. The zero-order valence-corrected chi connectivity index (χ0v) is 14.7. The van der Waals surface area contributed by atoms with Crippen molar-refractivity contribution in [1.82, 2.24) is 18.7 Å². The highest BCUT2D eigenvalue weighted by Crippen LogP contribution is 2.28. The van der Waals surface area contributed by atoms with Crippen molar-refractivity contribution >= 4 is 23.3 Å². The fourth-order valence-corrected chi connectivity index (χ4v) is 2.59. The molecule has 0 spiro atoms. The molecule has 136 valence electrons. The highest BCUT2D eigenvalue weighted by atomic mass is 16.5. The molecule has 0 fully saturated rings. The zero-order chi connectivity index (χ0) is 19.0. The molecule has 3 rings (SSSR count). The summed E-state index contributed by atoms with van der Waals surface area (Å²) in [6.45, 7) is 0. The number of rotatable bonds is 4. The number of nitrogens with zero attached hydrogens (tertiary/aromatic N) is 5. The third-order valence-electron chi connectivity index (χ3n) is 4.09. The van der Waals surface area contributed by atoms with E-state index in [1.807, 2.05) is 0 Å². The van der Waals surface area contributed by atoms with E-state index >= 15 is 0 Å². The minimum atomic E-state index is -0.461. The third kappa shape index (κ3) is 2.61. The lowest BCUT2D eigenvalue weighted by Gasteiger charge is -2.05. The normalized spacial score (nSPS) is 11.4. The summed E-state index contributed by atoms with van der Waals surface area (Å²) in [7, 11) is 6.05. The Morgan fingerprint density at radius 3 is 2.62 bits per heavy atom. The Morgan fingerprint density at radius 1 is 1.19 bits per heavy atom. The molecule has 10 heteroatoms. The van der Waals surface area contributed by atoms with Crippen LogP contribution in [0.4, 0.5) is 5.95 Å². The van der Waals surface area contributed by atoms with Crippen molar-refractivity contribution < 1.29 is 9.84 Å². The van der Waals surface area contributed by atoms with Gasteiger partial charge in [0.15, 0.2) is 22.7 Å². The summed E-state index contributed by atoms with van der Waals surface area (Å²) in [6.07, 6.45) is 1.40. The van der Waals surface area contributed by atoms with Crippen LogP contribution in [0.1, 0.15) is 5.56 Å². The number of aryl methyl sites for hydroxylation is 2. The average molecular weight is 358 g/mol. The van der Waals surface area contributed by atoms with Crippen LogP contribution >= 0.6 is 0 Å². The van der Waals surface area contributed by atoms with E-state index in [9.17, 15) is 14.7 Å². The summed E-state index contributed by atoms with van der Waals surface area (Å²) in [5.41, 5.74) is 2.78. The number of nitrogens with one attached hydrogen (secondary N) is 1. The van der Waals surface area contributed by atoms with Crippen molar-refractivity contribution in [2.24, 2.45) is 26.2 Å². The van der Waals surface area contributed by atoms with Crippen LogP contribution < -0.4 is 21.4 Å². The fraction of sp³-hybridized carbons (Fsp3) is 0.250. The molecule has 0 saturated carbocycles. The standard InChI is InChI=1S/C16H18N6O4/c1-20-11-13(21(2)16(25)22(3)14(11)24)18-15(20)19-17-8-9-6-5-7-10(26-4)12(9)23/h5-8,23H,1-4H3,(H,18,19)/b17-8+. The first kappa shape index (κ1) is 17.3. The number of anilines is 1. The van der Waals surface area contributed by atoms with E-state index in [0.717, 1.165) is 4.57 Å². The predicted octanol–water partition coefficient (Wildman–Crippen LogP) is 0.131. The van der Waals surface area contributed by atoms with E-state index in [1.54, 1.807) is 32.3 Å². The molecule has 0 unspecified atom stereocenters. The molecule has 0 aliphatic carbocycles. The Labute approximate surface area is 147 Å². The zero-order valence-electron chi connectivity index (χ0n) is 14.7. The van der Waals surface area contributed by atoms with Gasteiger partial charge in [-0.2, -0.15) is 10.1 Å². The number of methoxy groups -OCH3 is 1. The van der Waals surface area contributed by atoms with Gasteiger partial charge in [-0.25, -0.2) is 10.2 Å². The lowest BCUT2D eigenvalue weighted by molar-refractivity contribution is 0.373. The Bertz CT molecular complexity index is 1140. The first-order chi connectivity index (χ1) is 12.4. The Hall–Kier alpha value is -3.56. The van der Waals surface area contributed by atoms with Crippen LogP contribution in [0.3, 0.4) is 0 Å². The maximum absolute atomic E-state index is 12.3. The van der Waals surface area contributed by atoms with Crippen molar-refractivity contribution in [3.63, 3.8) is 0 Å². The van der Waals surface area contributed by atoms with Gasteiger partial charge >= 0.3 is 5.69 Å². The van der Waals surface area contributed by atoms with Crippen LogP contribution in [-0.2, 0) is 21.1 Å². The number of aromatic hydroxyl groups is 1. The van der Waals surface area contributed by atoms with E-state index in [-0.39, 0.29) is 22.9 Å². The predicted molar refractivity (Wildman–Crippen MR) is 97.1 cm³/mol. The van der Waals surface area contributed by atoms with Crippen molar-refractivity contribution in [2.45, 2.75) is 0 Å². The maximum atomic E-state index is 12.3. The van der Waals surface area contributed by atoms with Crippen LogP contribution in [-0.4, -0.2) is 37.1 Å². The second-order valence-corrected chi connectivity index (χ2v) is 5.64. The number of imidazole rings is 1. The number of hydrogen-bond donors (Lipinski definition) is 2. The van der Waals surface area contributed by atoms with Crippen molar-refractivity contribution in [2.75, 3.05) is 12.5 Å². The van der Waals surface area contributed by atoms with Gasteiger partial charge in [0.05, 0.1) is 13.3 Å². The van der Waals surface area contributed by atoms with Crippen LogP contribution in [0.5, 0.6) is 11.5 Å². The molecule has 2 N–H and O–H groups in total. The van der Waals surface area contributed by atoms with Gasteiger partial charge in [-0.1, -0.05) is 6.07 Å². The molecule has 26 heavy (non-hydrogen) atoms. The molecule has 3 aromatic rings. The highest BCUT2D eigenvalue weighted by Gasteiger charge is 2.16. The summed E-state index contributed by atoms with van der Waals surface area (Å²) in [6, 6.07) is 5.01. The third-order valence-corrected chi connectivity index (χ3v) is 4.09. The summed E-state index contributed by atoms with van der Waals surface area (Å²) in [5.74, 6) is 0.564. The number of phenols is 1. The number of para-hydroxylation sites is 1. The Balaban J connectivity index is 1.99. The van der Waals surface area contributed by atoms with Crippen molar-refractivity contribution in [3.05, 3.63) is 44.6 Å². The van der Waals surface area contributed by atoms with E-state index in [1.165, 1.54) is 29.5 Å². The van der Waals surface area contributed by atoms with Crippen LogP contribution in [0.2, 0.25) is 0 Å². The number of fused-ring (bicyclic) bond motifs is 1. The number of benzene rings is 1. The van der Waals surface area contributed by atoms with E-state index in [0.29, 0.717) is 11.3 Å². The van der Waals surface area contributed by atoms with Gasteiger partial charge in [0.2, 0.25) is 5.95 Å². The van der Waals surface area contributed by atoms with Gasteiger partial charge < -0.3 is 14.4 Å². The van der Waals surface area contributed by atoms with E-state index < -0.39 is 11.2 Å². The second kappa shape index (κ2) is 6.39. The first-order valence-corrected chi connectivity index (χ1v) is 7.64. The molecule has 2 heterocycles. The van der Waals surface area contributed by atoms with E-state index in [2.05, 4.69) is 15.5 Å². The van der Waals surface area contributed by atoms with Crippen molar-refractivity contribution in [1.29, 1.82) is 0 Å². The molecular formula is C16H18N6O4. The number of hydrogen-bond acceptors (Lipinski definition) is 7. The van der Waals surface area contributed by atoms with Gasteiger partial charge in [0, 0.05) is 26.7 Å². The molecule has 1 aromatic carbocycles. The first-order valence-electron chi connectivity index (χ1n) is 7.64. The highest BCUT2D eigenvalue weighted by molar-refractivity contribution is 5.85. The SMILES string of the molecule is COc1cccc(/C=N/Nc2nc3c(c(=O)n(C)c(=O)n3C)n2C)c1O. The van der Waals surface area contributed by atoms with E-state index in [4.69, 9.17) is 4.74 Å². The molecule has 0 aliphatic heterocycles. The molecule has 0 atom stereocenters. The monoisotopic (exact) mass is 358 g/mol. The lowest BCUT2D eigenvalue weighted by Crippen LogP contribution is -2.37. The molecule has 0 aliphatic rings. The topological polar surface area (TPSA) is 116 Å². The Kier molecular flexibility index (Phi) is 4.24. The van der Waals surface area contributed by atoms with Crippen LogP contribution in [0.25, 0.3) is 11.2 Å². The average Bonchev–Trinajstić information content (AvgIpc) is 2.96. The summed E-state index contributed by atoms with van der Waals surface area (Å²) in [5, 5.41) is 14.1. The number of ether oxygens (including phenoxy) is 1. The molecular weight excluding hydrogens is 340 g/mol. The molecule has 0 saturated heterocycles. The van der Waals surface area contributed by atoms with Crippen molar-refractivity contribution in [3.8, 4) is 11.5 Å². The molecule has 10 nitrogen and oxygen atoms in total. The summed E-state index contributed by atoms with van der Waals surface area (Å²) < 4.78 is 8.86. The van der Waals surface area contributed by atoms with Gasteiger partial charge in [-0.3, -0.25) is 13.9 Å². The van der Waals surface area contributed by atoms with Gasteiger partial charge in [-0.05, 0) is 12.1 Å². The number of hydrazone groups is 1. The van der Waals surface area contributed by atoms with Gasteiger partial charge in [0.25, 0.3) is 5.56 Å². The summed E-state index contributed by atoms with van der Waals surface area (Å²) >= 11 is 0. The number of aromatic nitrogens is 4. The minimum Gasteiger partial charge on any atom is -0.504 e. The molecule has 0 bridgehead atoms. The molecule has 2 aromatic heterocycles. The van der Waals surface area contributed by atoms with Gasteiger partial charge in [0.1, 0.15) is 0 Å². The Morgan fingerprint density at radius 2 is 1.92 bits per heavy atom. The largest absolute Gasteiger partial charge is 0.504 e. The molecule has 0 amide bonds.